The van der Waals surface area contributed by atoms with Crippen molar-refractivity contribution in [1.82, 2.24) is 20.5 Å². The number of aromatic amines is 1. The Hall–Kier alpha value is -4.06. The van der Waals surface area contributed by atoms with Gasteiger partial charge in [0.2, 0.25) is 0 Å². The van der Waals surface area contributed by atoms with E-state index >= 15 is 0 Å². The molecule has 0 spiro atoms. The zero-order valence-corrected chi connectivity index (χ0v) is 14.7. The molecule has 1 atom stereocenters. The molecule has 0 bridgehead atoms. The fourth-order valence-corrected chi connectivity index (χ4v) is 3.15. The number of carbonyl (C=O) groups is 3. The molecular weight excluding hydrogens is 364 g/mol. The van der Waals surface area contributed by atoms with Crippen molar-refractivity contribution in [2.45, 2.75) is 12.2 Å². The number of fused-ring (bicyclic) bond motifs is 1. The van der Waals surface area contributed by atoms with Gasteiger partial charge in [-0.2, -0.15) is 0 Å². The van der Waals surface area contributed by atoms with Crippen LogP contribution in [0.1, 0.15) is 21.5 Å². The lowest BCUT2D eigenvalue weighted by Gasteiger charge is -2.30. The van der Waals surface area contributed by atoms with Gasteiger partial charge in [-0.3, -0.25) is 29.9 Å². The van der Waals surface area contributed by atoms with Gasteiger partial charge in [0, 0.05) is 11.8 Å². The summed E-state index contributed by atoms with van der Waals surface area (Å²) in [6, 6.07) is 7.25. The number of aromatic nitrogens is 1. The molecule has 2 aromatic rings. The summed E-state index contributed by atoms with van der Waals surface area (Å²) in [5, 5.41) is 4.54. The maximum atomic E-state index is 13.0. The molecule has 3 N–H and O–H groups in total. The molecule has 140 valence electrons. The molecule has 1 aromatic heterocycles. The summed E-state index contributed by atoms with van der Waals surface area (Å²) in [6.07, 6.45) is 1.45. The number of hydrogen-bond acceptors (Lipinski definition) is 5. The molecule has 9 nitrogen and oxygen atoms in total. The van der Waals surface area contributed by atoms with Gasteiger partial charge in [0.15, 0.2) is 0 Å². The van der Waals surface area contributed by atoms with Crippen LogP contribution in [0.3, 0.4) is 0 Å². The van der Waals surface area contributed by atoms with E-state index in [0.717, 1.165) is 0 Å². The Labute approximate surface area is 158 Å². The van der Waals surface area contributed by atoms with E-state index < -0.39 is 29.1 Å². The van der Waals surface area contributed by atoms with Gasteiger partial charge in [0.25, 0.3) is 23.0 Å². The Balaban J connectivity index is 1.80. The molecule has 3 heterocycles. The highest BCUT2D eigenvalue weighted by Gasteiger charge is 2.54. The first kappa shape index (κ1) is 17.4. The number of pyridine rings is 1. The standard InChI is InChI=1S/C19H14N4O5/c1-28-13-5-4-12-10-23(16(25)14(12)9-13)19(17(26)21-18(27)22-19)7-6-11-3-2-8-20-15(11)24/h2-5,8-9H,10H2,1H3,(H,20,24)(H2,21,22,26,27)/t19-/m1/s1. The van der Waals surface area contributed by atoms with Gasteiger partial charge in [0.1, 0.15) is 5.75 Å². The average Bonchev–Trinajstić information content (AvgIpc) is 3.17. The zero-order chi connectivity index (χ0) is 19.9. The average molecular weight is 378 g/mol. The van der Waals surface area contributed by atoms with Crippen LogP contribution in [0, 0.1) is 11.8 Å². The number of methoxy groups -OCH3 is 1. The van der Waals surface area contributed by atoms with Crippen LogP contribution in [0.2, 0.25) is 0 Å². The van der Waals surface area contributed by atoms with Crippen LogP contribution in [0.15, 0.2) is 41.3 Å². The molecule has 4 amide bonds. The molecule has 28 heavy (non-hydrogen) atoms. The number of urea groups is 1. The topological polar surface area (TPSA) is 121 Å². The quantitative estimate of drug-likeness (QED) is 0.499. The summed E-state index contributed by atoms with van der Waals surface area (Å²) in [7, 11) is 1.48. The number of hydrogen-bond donors (Lipinski definition) is 3. The van der Waals surface area contributed by atoms with Gasteiger partial charge >= 0.3 is 6.03 Å². The highest BCUT2D eigenvalue weighted by atomic mass is 16.5. The minimum absolute atomic E-state index is 0.0612. The van der Waals surface area contributed by atoms with Crippen LogP contribution >= 0.6 is 0 Å². The first-order valence-electron chi connectivity index (χ1n) is 8.28. The molecule has 1 fully saturated rings. The monoisotopic (exact) mass is 378 g/mol. The van der Waals surface area contributed by atoms with Crippen molar-refractivity contribution in [3.8, 4) is 17.6 Å². The molecule has 1 aromatic carbocycles. The third-order valence-corrected chi connectivity index (χ3v) is 4.57. The van der Waals surface area contributed by atoms with E-state index in [1.54, 1.807) is 24.3 Å². The molecule has 2 aliphatic heterocycles. The van der Waals surface area contributed by atoms with Crippen molar-refractivity contribution >= 4 is 17.8 Å². The molecule has 0 radical (unpaired) electrons. The molecule has 2 aliphatic rings. The van der Waals surface area contributed by atoms with Crippen LogP contribution in [0.5, 0.6) is 5.75 Å². The lowest BCUT2D eigenvalue weighted by Crippen LogP contribution is -2.60. The molecule has 4 rings (SSSR count). The number of H-pyrrole nitrogens is 1. The highest BCUT2D eigenvalue weighted by molar-refractivity contribution is 6.12. The summed E-state index contributed by atoms with van der Waals surface area (Å²) in [5.41, 5.74) is -1.26. The number of carbonyl (C=O) groups excluding carboxylic acids is 3. The van der Waals surface area contributed by atoms with Crippen molar-refractivity contribution in [3.63, 3.8) is 0 Å². The Morgan fingerprint density at radius 2 is 2.00 bits per heavy atom. The minimum atomic E-state index is -1.93. The Morgan fingerprint density at radius 3 is 2.68 bits per heavy atom. The number of imide groups is 1. The summed E-state index contributed by atoms with van der Waals surface area (Å²) < 4.78 is 5.14. The number of nitrogens with one attached hydrogen (secondary N) is 3. The SMILES string of the molecule is COc1ccc2c(c1)C(=O)N([C@@]1(C#Cc3ccc[nH]c3=O)NC(=O)NC1=O)C2. The van der Waals surface area contributed by atoms with E-state index in [-0.39, 0.29) is 12.1 Å². The second-order valence-corrected chi connectivity index (χ2v) is 6.20. The molecule has 0 saturated carbocycles. The smallest absolute Gasteiger partial charge is 0.324 e. The van der Waals surface area contributed by atoms with E-state index in [9.17, 15) is 19.2 Å². The molecule has 1 saturated heterocycles. The lowest BCUT2D eigenvalue weighted by molar-refractivity contribution is -0.126. The van der Waals surface area contributed by atoms with Gasteiger partial charge in [-0.1, -0.05) is 12.0 Å². The van der Waals surface area contributed by atoms with Crippen LogP contribution in [-0.2, 0) is 11.3 Å². The van der Waals surface area contributed by atoms with Crippen molar-refractivity contribution in [3.05, 3.63) is 63.6 Å². The van der Waals surface area contributed by atoms with E-state index in [1.807, 2.05) is 0 Å². The number of benzene rings is 1. The minimum Gasteiger partial charge on any atom is -0.497 e. The van der Waals surface area contributed by atoms with Crippen molar-refractivity contribution in [1.29, 1.82) is 0 Å². The molecule has 0 aliphatic carbocycles. The van der Waals surface area contributed by atoms with Gasteiger partial charge in [0.05, 0.1) is 19.2 Å². The second-order valence-electron chi connectivity index (χ2n) is 6.20. The van der Waals surface area contributed by atoms with Gasteiger partial charge in [-0.25, -0.2) is 4.79 Å². The zero-order valence-electron chi connectivity index (χ0n) is 14.7. The summed E-state index contributed by atoms with van der Waals surface area (Å²) in [5.74, 6) is 4.45. The van der Waals surface area contributed by atoms with Gasteiger partial charge in [-0.15, -0.1) is 0 Å². The van der Waals surface area contributed by atoms with Gasteiger partial charge < -0.3 is 9.72 Å². The Morgan fingerprint density at radius 1 is 1.18 bits per heavy atom. The summed E-state index contributed by atoms with van der Waals surface area (Å²) in [4.78, 5) is 53.0. The normalized spacial score (nSPS) is 20.2. The Bertz CT molecular complexity index is 1140. The lowest BCUT2D eigenvalue weighted by atomic mass is 10.1. The Kier molecular flexibility index (Phi) is 3.89. The first-order chi connectivity index (χ1) is 13.4. The van der Waals surface area contributed by atoms with E-state index in [4.69, 9.17) is 4.74 Å². The number of amides is 4. The third-order valence-electron chi connectivity index (χ3n) is 4.57. The number of rotatable bonds is 2. The van der Waals surface area contributed by atoms with E-state index in [1.165, 1.54) is 24.3 Å². The first-order valence-corrected chi connectivity index (χ1v) is 8.28. The molecule has 9 heteroatoms. The largest absolute Gasteiger partial charge is 0.497 e. The maximum absolute atomic E-state index is 13.0. The molecule has 0 unspecified atom stereocenters. The van der Waals surface area contributed by atoms with Crippen molar-refractivity contribution in [2.75, 3.05) is 7.11 Å². The van der Waals surface area contributed by atoms with Gasteiger partial charge in [-0.05, 0) is 35.7 Å². The molecular formula is C19H14N4O5. The van der Waals surface area contributed by atoms with Crippen LogP contribution in [0.4, 0.5) is 4.79 Å². The van der Waals surface area contributed by atoms with Crippen molar-refractivity contribution in [2.24, 2.45) is 0 Å². The van der Waals surface area contributed by atoms with Crippen LogP contribution < -0.4 is 20.9 Å². The number of nitrogens with zero attached hydrogens (tertiary/aromatic N) is 1. The summed E-state index contributed by atoms with van der Waals surface area (Å²) in [6.45, 7) is 0.0612. The fourth-order valence-electron chi connectivity index (χ4n) is 3.15. The predicted molar refractivity (Wildman–Crippen MR) is 96.2 cm³/mol. The third kappa shape index (κ3) is 2.59. The van der Waals surface area contributed by atoms with Crippen LogP contribution in [-0.4, -0.2) is 40.5 Å². The van der Waals surface area contributed by atoms with Crippen molar-refractivity contribution < 1.29 is 19.1 Å². The number of ether oxygens (including phenoxy) is 1. The highest BCUT2D eigenvalue weighted by Crippen LogP contribution is 2.32. The summed E-state index contributed by atoms with van der Waals surface area (Å²) >= 11 is 0. The van der Waals surface area contributed by atoms with Crippen LogP contribution in [0.25, 0.3) is 0 Å². The fraction of sp³-hybridized carbons (Fsp3) is 0.158. The second kappa shape index (κ2) is 6.28. The van der Waals surface area contributed by atoms with E-state index in [2.05, 4.69) is 27.5 Å². The maximum Gasteiger partial charge on any atom is 0.324 e. The van der Waals surface area contributed by atoms with E-state index in [0.29, 0.717) is 16.9 Å². The predicted octanol–water partition coefficient (Wildman–Crippen LogP) is -0.0733.